The van der Waals surface area contributed by atoms with Gasteiger partial charge in [-0.3, -0.25) is 4.79 Å². The summed E-state index contributed by atoms with van der Waals surface area (Å²) in [6.45, 7) is 3.01. The fourth-order valence-corrected chi connectivity index (χ4v) is 2.71. The van der Waals surface area contributed by atoms with Crippen LogP contribution in [0.2, 0.25) is 5.02 Å². The van der Waals surface area contributed by atoms with Crippen LogP contribution in [0.4, 0.5) is 5.69 Å². The number of nitrogens with zero attached hydrogens (tertiary/aromatic N) is 3. The van der Waals surface area contributed by atoms with Crippen molar-refractivity contribution in [2.45, 2.75) is 13.8 Å². The zero-order chi connectivity index (χ0) is 19.6. The Morgan fingerprint density at radius 2 is 2.07 bits per heavy atom. The van der Waals surface area contributed by atoms with Crippen molar-refractivity contribution in [3.05, 3.63) is 52.4 Å². The van der Waals surface area contributed by atoms with Crippen LogP contribution in [0.1, 0.15) is 21.6 Å². The summed E-state index contributed by atoms with van der Waals surface area (Å²) in [5.41, 5.74) is 2.28. The zero-order valence-electron chi connectivity index (χ0n) is 14.9. The number of rotatable bonds is 5. The van der Waals surface area contributed by atoms with Gasteiger partial charge in [-0.05, 0) is 31.5 Å². The van der Waals surface area contributed by atoms with Crippen molar-refractivity contribution in [2.24, 2.45) is 0 Å². The SMILES string of the molecule is COc1cc(Cl)c(C)cc1NC(=O)COC(=O)c1c(C)nn2cccnc12. The number of nitrogens with one attached hydrogen (secondary N) is 1. The molecule has 0 unspecified atom stereocenters. The summed E-state index contributed by atoms with van der Waals surface area (Å²) in [7, 11) is 1.47. The highest BCUT2D eigenvalue weighted by atomic mass is 35.5. The highest BCUT2D eigenvalue weighted by Crippen LogP contribution is 2.30. The lowest BCUT2D eigenvalue weighted by Crippen LogP contribution is -2.21. The van der Waals surface area contributed by atoms with Crippen LogP contribution in [0.5, 0.6) is 5.75 Å². The molecule has 1 N–H and O–H groups in total. The van der Waals surface area contributed by atoms with Crippen molar-refractivity contribution in [3.8, 4) is 5.75 Å². The van der Waals surface area contributed by atoms with Crippen molar-refractivity contribution in [1.82, 2.24) is 14.6 Å². The lowest BCUT2D eigenvalue weighted by Gasteiger charge is -2.12. The predicted molar refractivity (Wildman–Crippen MR) is 99.4 cm³/mol. The summed E-state index contributed by atoms with van der Waals surface area (Å²) in [6.07, 6.45) is 3.23. The van der Waals surface area contributed by atoms with E-state index in [4.69, 9.17) is 21.1 Å². The molecular weight excluding hydrogens is 372 g/mol. The highest BCUT2D eigenvalue weighted by Gasteiger charge is 2.21. The average molecular weight is 389 g/mol. The highest BCUT2D eigenvalue weighted by molar-refractivity contribution is 6.31. The molecule has 1 amide bonds. The van der Waals surface area contributed by atoms with Gasteiger partial charge in [0.05, 0.1) is 18.5 Å². The number of hydrogen-bond donors (Lipinski definition) is 1. The van der Waals surface area contributed by atoms with E-state index in [2.05, 4.69) is 15.4 Å². The fourth-order valence-electron chi connectivity index (χ4n) is 2.55. The van der Waals surface area contributed by atoms with Gasteiger partial charge in [-0.15, -0.1) is 0 Å². The quantitative estimate of drug-likeness (QED) is 0.675. The van der Waals surface area contributed by atoms with Gasteiger partial charge in [-0.2, -0.15) is 5.10 Å². The molecule has 0 fully saturated rings. The Labute approximate surface area is 160 Å². The number of esters is 1. The summed E-state index contributed by atoms with van der Waals surface area (Å²) >= 11 is 6.05. The number of anilines is 1. The Balaban J connectivity index is 1.70. The van der Waals surface area contributed by atoms with Gasteiger partial charge >= 0.3 is 5.97 Å². The second kappa shape index (κ2) is 7.63. The van der Waals surface area contributed by atoms with Crippen LogP contribution in [0.3, 0.4) is 0 Å². The number of benzene rings is 1. The van der Waals surface area contributed by atoms with Crippen molar-refractivity contribution in [3.63, 3.8) is 0 Å². The van der Waals surface area contributed by atoms with E-state index in [-0.39, 0.29) is 5.56 Å². The maximum absolute atomic E-state index is 12.4. The normalized spacial score (nSPS) is 10.7. The Bertz CT molecular complexity index is 1030. The van der Waals surface area contributed by atoms with Gasteiger partial charge in [0.25, 0.3) is 5.91 Å². The van der Waals surface area contributed by atoms with E-state index in [0.29, 0.717) is 27.8 Å². The van der Waals surface area contributed by atoms with E-state index in [1.54, 1.807) is 44.4 Å². The van der Waals surface area contributed by atoms with Crippen LogP contribution in [0.15, 0.2) is 30.6 Å². The second-order valence-electron chi connectivity index (χ2n) is 5.77. The number of hydrogen-bond acceptors (Lipinski definition) is 6. The largest absolute Gasteiger partial charge is 0.495 e. The lowest BCUT2D eigenvalue weighted by atomic mass is 10.2. The minimum atomic E-state index is -0.671. The number of aromatic nitrogens is 3. The van der Waals surface area contributed by atoms with E-state index in [1.807, 2.05) is 0 Å². The van der Waals surface area contributed by atoms with Gasteiger partial charge in [0, 0.05) is 23.5 Å². The third-order valence-electron chi connectivity index (χ3n) is 3.86. The van der Waals surface area contributed by atoms with E-state index in [9.17, 15) is 9.59 Å². The molecule has 3 rings (SSSR count). The number of amides is 1. The Kier molecular flexibility index (Phi) is 5.27. The van der Waals surface area contributed by atoms with E-state index >= 15 is 0 Å². The third kappa shape index (κ3) is 3.85. The molecule has 2 heterocycles. The van der Waals surface area contributed by atoms with Crippen LogP contribution < -0.4 is 10.1 Å². The molecular formula is C18H17ClN4O4. The smallest absolute Gasteiger partial charge is 0.344 e. The molecule has 0 spiro atoms. The summed E-state index contributed by atoms with van der Waals surface area (Å²) < 4.78 is 11.8. The van der Waals surface area contributed by atoms with Gasteiger partial charge in [0.1, 0.15) is 11.3 Å². The molecule has 0 radical (unpaired) electrons. The first-order chi connectivity index (χ1) is 12.9. The zero-order valence-corrected chi connectivity index (χ0v) is 15.7. The first kappa shape index (κ1) is 18.7. The number of aryl methyl sites for hydroxylation is 2. The van der Waals surface area contributed by atoms with Gasteiger partial charge in [0.2, 0.25) is 0 Å². The molecule has 3 aromatic rings. The number of halogens is 1. The maximum atomic E-state index is 12.4. The molecule has 0 bridgehead atoms. The van der Waals surface area contributed by atoms with Crippen molar-refractivity contribution in [2.75, 3.05) is 19.0 Å². The van der Waals surface area contributed by atoms with E-state index in [0.717, 1.165) is 5.56 Å². The minimum absolute atomic E-state index is 0.225. The number of fused-ring (bicyclic) bond motifs is 1. The van der Waals surface area contributed by atoms with Crippen molar-refractivity contribution >= 4 is 34.8 Å². The monoisotopic (exact) mass is 388 g/mol. The van der Waals surface area contributed by atoms with Gasteiger partial charge in [0.15, 0.2) is 12.3 Å². The number of ether oxygens (including phenoxy) is 2. The third-order valence-corrected chi connectivity index (χ3v) is 4.27. The topological polar surface area (TPSA) is 94.8 Å². The maximum Gasteiger partial charge on any atom is 0.344 e. The van der Waals surface area contributed by atoms with Crippen LogP contribution in [0.25, 0.3) is 5.65 Å². The second-order valence-corrected chi connectivity index (χ2v) is 6.18. The minimum Gasteiger partial charge on any atom is -0.495 e. The number of methoxy groups -OCH3 is 1. The molecule has 9 heteroatoms. The molecule has 0 aliphatic heterocycles. The number of carbonyl (C=O) groups excluding carboxylic acids is 2. The average Bonchev–Trinajstić information content (AvgIpc) is 2.98. The first-order valence-corrected chi connectivity index (χ1v) is 8.39. The molecule has 8 nitrogen and oxygen atoms in total. The molecule has 27 heavy (non-hydrogen) atoms. The van der Waals surface area contributed by atoms with Crippen molar-refractivity contribution in [1.29, 1.82) is 0 Å². The van der Waals surface area contributed by atoms with Crippen LogP contribution in [-0.2, 0) is 9.53 Å². The predicted octanol–water partition coefficient (Wildman–Crippen LogP) is 2.80. The van der Waals surface area contributed by atoms with E-state index < -0.39 is 18.5 Å². The molecule has 0 saturated heterocycles. The van der Waals surface area contributed by atoms with Gasteiger partial charge < -0.3 is 14.8 Å². The summed E-state index contributed by atoms with van der Waals surface area (Å²) in [4.78, 5) is 28.7. The summed E-state index contributed by atoms with van der Waals surface area (Å²) in [6, 6.07) is 4.98. The van der Waals surface area contributed by atoms with Gasteiger partial charge in [-0.1, -0.05) is 11.6 Å². The van der Waals surface area contributed by atoms with Crippen LogP contribution in [-0.4, -0.2) is 40.2 Å². The first-order valence-electron chi connectivity index (χ1n) is 8.01. The summed E-state index contributed by atoms with van der Waals surface area (Å²) in [5, 5.41) is 7.36. The fraction of sp³-hybridized carbons (Fsp3) is 0.222. The lowest BCUT2D eigenvalue weighted by molar-refractivity contribution is -0.119. The molecule has 0 atom stereocenters. The molecule has 1 aromatic carbocycles. The summed E-state index contributed by atoms with van der Waals surface area (Å²) in [5.74, 6) is -0.769. The molecule has 2 aromatic heterocycles. The molecule has 140 valence electrons. The van der Waals surface area contributed by atoms with Gasteiger partial charge in [-0.25, -0.2) is 14.3 Å². The molecule has 0 saturated carbocycles. The molecule has 0 aliphatic rings. The van der Waals surface area contributed by atoms with E-state index in [1.165, 1.54) is 11.6 Å². The Morgan fingerprint density at radius 1 is 1.30 bits per heavy atom. The standard InChI is InChI=1S/C18H17ClN4O4/c1-10-7-13(14(26-3)8-12(10)19)21-15(24)9-27-18(25)16-11(2)22-23-6-4-5-20-17(16)23/h4-8H,9H2,1-3H3,(H,21,24). The van der Waals surface area contributed by atoms with Crippen LogP contribution >= 0.6 is 11.6 Å². The Hall–Kier alpha value is -3.13. The van der Waals surface area contributed by atoms with Crippen molar-refractivity contribution < 1.29 is 19.1 Å². The Morgan fingerprint density at radius 3 is 2.81 bits per heavy atom. The molecule has 0 aliphatic carbocycles. The number of carbonyl (C=O) groups is 2. The van der Waals surface area contributed by atoms with Crippen LogP contribution in [0, 0.1) is 13.8 Å².